The van der Waals surface area contributed by atoms with E-state index in [9.17, 15) is 4.79 Å². The minimum absolute atomic E-state index is 0.394. The topological polar surface area (TPSA) is 37.3 Å². The largest absolute Gasteiger partial charge is 0.477 e. The van der Waals surface area contributed by atoms with Crippen molar-refractivity contribution in [3.8, 4) is 0 Å². The van der Waals surface area contributed by atoms with Gasteiger partial charge in [0.15, 0.2) is 0 Å². The molecule has 0 atom stereocenters. The van der Waals surface area contributed by atoms with Gasteiger partial charge in [-0.3, -0.25) is 0 Å². The van der Waals surface area contributed by atoms with Gasteiger partial charge in [-0.05, 0) is 23.6 Å². The quantitative estimate of drug-likeness (QED) is 0.824. The van der Waals surface area contributed by atoms with Crippen molar-refractivity contribution in [3.63, 3.8) is 0 Å². The van der Waals surface area contributed by atoms with Crippen molar-refractivity contribution in [1.82, 2.24) is 0 Å². The molecule has 0 amide bonds. The summed E-state index contributed by atoms with van der Waals surface area (Å²) in [7, 11) is 0. The summed E-state index contributed by atoms with van der Waals surface area (Å²) >= 11 is 6.77. The molecule has 1 aromatic heterocycles. The summed E-state index contributed by atoms with van der Waals surface area (Å²) in [6, 6.07) is 12.7. The van der Waals surface area contributed by atoms with Crippen molar-refractivity contribution >= 4 is 28.9 Å². The fourth-order valence-corrected chi connectivity index (χ4v) is 1.52. The van der Waals surface area contributed by atoms with Crippen LogP contribution in [0.3, 0.4) is 0 Å². The highest BCUT2D eigenvalue weighted by Gasteiger charge is 1.99. The molecule has 0 radical (unpaired) electrons. The number of rotatable bonds is 1. The van der Waals surface area contributed by atoms with Crippen molar-refractivity contribution in [2.75, 3.05) is 0 Å². The SMILES string of the molecule is Clc1ccccc1.O=C(O)c1cccs1. The summed E-state index contributed by atoms with van der Waals surface area (Å²) in [6.45, 7) is 0. The summed E-state index contributed by atoms with van der Waals surface area (Å²) in [5, 5.41) is 10.8. The van der Waals surface area contributed by atoms with Gasteiger partial charge in [-0.1, -0.05) is 35.9 Å². The van der Waals surface area contributed by atoms with Crippen LogP contribution in [0.1, 0.15) is 9.67 Å². The first-order chi connectivity index (χ1) is 7.20. The number of carboxylic acid groups (broad SMARTS) is 1. The second kappa shape index (κ2) is 6.22. The van der Waals surface area contributed by atoms with E-state index in [0.29, 0.717) is 4.88 Å². The highest BCUT2D eigenvalue weighted by Crippen LogP contribution is 2.06. The third-order valence-electron chi connectivity index (χ3n) is 1.47. The van der Waals surface area contributed by atoms with Crippen molar-refractivity contribution in [3.05, 3.63) is 57.7 Å². The van der Waals surface area contributed by atoms with Crippen LogP contribution in [0.25, 0.3) is 0 Å². The van der Waals surface area contributed by atoms with Crippen LogP contribution in [-0.4, -0.2) is 11.1 Å². The first kappa shape index (κ1) is 11.8. The van der Waals surface area contributed by atoms with Crippen LogP contribution in [0.15, 0.2) is 47.8 Å². The summed E-state index contributed by atoms with van der Waals surface area (Å²) in [5.41, 5.74) is 0. The Labute approximate surface area is 96.8 Å². The smallest absolute Gasteiger partial charge is 0.345 e. The number of hydrogen-bond donors (Lipinski definition) is 1. The van der Waals surface area contributed by atoms with E-state index in [1.807, 2.05) is 30.3 Å². The number of carboxylic acids is 1. The lowest BCUT2D eigenvalue weighted by Crippen LogP contribution is -1.89. The van der Waals surface area contributed by atoms with Gasteiger partial charge in [-0.25, -0.2) is 4.79 Å². The molecule has 15 heavy (non-hydrogen) atoms. The third-order valence-corrected chi connectivity index (χ3v) is 2.57. The highest BCUT2D eigenvalue weighted by atomic mass is 35.5. The van der Waals surface area contributed by atoms with Gasteiger partial charge in [-0.15, -0.1) is 11.3 Å². The summed E-state index contributed by atoms with van der Waals surface area (Å²) in [5.74, 6) is -0.847. The molecule has 0 aliphatic rings. The number of benzene rings is 1. The minimum atomic E-state index is -0.847. The van der Waals surface area contributed by atoms with Gasteiger partial charge in [0.1, 0.15) is 4.88 Å². The Kier molecular flexibility index (Phi) is 4.87. The molecule has 4 heteroatoms. The third kappa shape index (κ3) is 4.63. The van der Waals surface area contributed by atoms with E-state index >= 15 is 0 Å². The second-order valence-electron chi connectivity index (χ2n) is 2.58. The Hall–Kier alpha value is -1.32. The van der Waals surface area contributed by atoms with Gasteiger partial charge < -0.3 is 5.11 Å². The van der Waals surface area contributed by atoms with Crippen molar-refractivity contribution in [2.24, 2.45) is 0 Å². The first-order valence-electron chi connectivity index (χ1n) is 4.17. The summed E-state index contributed by atoms with van der Waals surface area (Å²) in [4.78, 5) is 10.5. The highest BCUT2D eigenvalue weighted by molar-refractivity contribution is 7.11. The van der Waals surface area contributed by atoms with Crippen molar-refractivity contribution in [2.45, 2.75) is 0 Å². The van der Waals surface area contributed by atoms with E-state index in [1.165, 1.54) is 11.3 Å². The molecule has 1 N–H and O–H groups in total. The monoisotopic (exact) mass is 240 g/mol. The molecular formula is C11H9ClO2S. The standard InChI is InChI=1S/C6H5Cl.C5H4O2S/c7-6-4-2-1-3-5-6;6-5(7)4-2-1-3-8-4/h1-5H;1-3H,(H,6,7). The molecule has 2 aromatic rings. The van der Waals surface area contributed by atoms with Crippen LogP contribution in [0.2, 0.25) is 5.02 Å². The van der Waals surface area contributed by atoms with Crippen LogP contribution in [0.5, 0.6) is 0 Å². The predicted octanol–water partition coefficient (Wildman–Crippen LogP) is 3.79. The second-order valence-corrected chi connectivity index (χ2v) is 3.96. The van der Waals surface area contributed by atoms with Gasteiger partial charge >= 0.3 is 5.97 Å². The van der Waals surface area contributed by atoms with Crippen molar-refractivity contribution < 1.29 is 9.90 Å². The molecule has 0 aliphatic carbocycles. The van der Waals surface area contributed by atoms with Crippen LogP contribution < -0.4 is 0 Å². The molecule has 78 valence electrons. The fourth-order valence-electron chi connectivity index (χ4n) is 0.815. The van der Waals surface area contributed by atoms with Gasteiger partial charge in [0.05, 0.1) is 0 Å². The average molecular weight is 241 g/mol. The van der Waals surface area contributed by atoms with Gasteiger partial charge in [-0.2, -0.15) is 0 Å². The molecule has 2 nitrogen and oxygen atoms in total. The lowest BCUT2D eigenvalue weighted by molar-refractivity contribution is 0.0702. The zero-order valence-corrected chi connectivity index (χ0v) is 9.33. The fraction of sp³-hybridized carbons (Fsp3) is 0. The summed E-state index contributed by atoms with van der Waals surface area (Å²) in [6.07, 6.45) is 0. The Bertz CT molecular complexity index is 398. The molecule has 0 aliphatic heterocycles. The Balaban J connectivity index is 0.000000151. The predicted molar refractivity (Wildman–Crippen MR) is 62.7 cm³/mol. The zero-order chi connectivity index (χ0) is 11.1. The molecule has 1 heterocycles. The maximum Gasteiger partial charge on any atom is 0.345 e. The molecule has 0 unspecified atom stereocenters. The first-order valence-corrected chi connectivity index (χ1v) is 5.43. The maximum atomic E-state index is 10.1. The van der Waals surface area contributed by atoms with Crippen LogP contribution >= 0.6 is 22.9 Å². The molecule has 0 bridgehead atoms. The van der Waals surface area contributed by atoms with Gasteiger partial charge in [0.2, 0.25) is 0 Å². The molecule has 0 saturated carbocycles. The van der Waals surface area contributed by atoms with Crippen LogP contribution in [0, 0.1) is 0 Å². The van der Waals surface area contributed by atoms with Gasteiger partial charge in [0, 0.05) is 5.02 Å². The Morgan fingerprint density at radius 1 is 1.13 bits per heavy atom. The Morgan fingerprint density at radius 2 is 1.80 bits per heavy atom. The van der Waals surface area contributed by atoms with E-state index in [2.05, 4.69) is 0 Å². The Morgan fingerprint density at radius 3 is 2.07 bits per heavy atom. The van der Waals surface area contributed by atoms with Crippen LogP contribution in [-0.2, 0) is 0 Å². The van der Waals surface area contributed by atoms with Crippen molar-refractivity contribution in [1.29, 1.82) is 0 Å². The van der Waals surface area contributed by atoms with E-state index in [1.54, 1.807) is 17.5 Å². The van der Waals surface area contributed by atoms with E-state index < -0.39 is 5.97 Å². The lowest BCUT2D eigenvalue weighted by Gasteiger charge is -1.80. The minimum Gasteiger partial charge on any atom is -0.477 e. The molecule has 1 aromatic carbocycles. The number of thiophene rings is 1. The number of hydrogen-bond acceptors (Lipinski definition) is 2. The average Bonchev–Trinajstić information content (AvgIpc) is 2.72. The van der Waals surface area contributed by atoms with E-state index in [0.717, 1.165) is 5.02 Å². The number of aromatic carboxylic acids is 1. The van der Waals surface area contributed by atoms with Crippen LogP contribution in [0.4, 0.5) is 0 Å². The van der Waals surface area contributed by atoms with E-state index in [-0.39, 0.29) is 0 Å². The molecule has 0 spiro atoms. The van der Waals surface area contributed by atoms with Gasteiger partial charge in [0.25, 0.3) is 0 Å². The zero-order valence-electron chi connectivity index (χ0n) is 7.76. The molecule has 2 rings (SSSR count). The normalized spacial score (nSPS) is 8.87. The molecule has 0 fully saturated rings. The molecular weight excluding hydrogens is 232 g/mol. The number of carbonyl (C=O) groups is 1. The van der Waals surface area contributed by atoms with E-state index in [4.69, 9.17) is 16.7 Å². The maximum absolute atomic E-state index is 10.1. The lowest BCUT2D eigenvalue weighted by atomic mass is 10.4. The summed E-state index contributed by atoms with van der Waals surface area (Å²) < 4.78 is 0. The number of halogens is 1. The molecule has 0 saturated heterocycles.